The van der Waals surface area contributed by atoms with Gasteiger partial charge in [0.25, 0.3) is 0 Å². The molecule has 7 heteroatoms. The van der Waals surface area contributed by atoms with Crippen molar-refractivity contribution in [3.05, 3.63) is 70.0 Å². The van der Waals surface area contributed by atoms with Gasteiger partial charge in [0.05, 0.1) is 11.4 Å². The van der Waals surface area contributed by atoms with Gasteiger partial charge in [0.1, 0.15) is 9.71 Å². The number of para-hydroxylation sites is 1. The van der Waals surface area contributed by atoms with Crippen LogP contribution in [0.1, 0.15) is 50.5 Å². The van der Waals surface area contributed by atoms with Gasteiger partial charge in [0, 0.05) is 28.9 Å². The lowest BCUT2D eigenvalue weighted by molar-refractivity contribution is 0.0479. The van der Waals surface area contributed by atoms with Crippen LogP contribution in [0.4, 0.5) is 0 Å². The van der Waals surface area contributed by atoms with Crippen LogP contribution in [-0.2, 0) is 11.3 Å². The van der Waals surface area contributed by atoms with Crippen LogP contribution in [0, 0.1) is 20.8 Å². The molecular weight excluding hydrogens is 410 g/mol. The number of Topliss-reactive ketones (excluding diaryl/α,β-unsaturated/α-hetero) is 1. The first kappa shape index (κ1) is 21.1. The van der Waals surface area contributed by atoms with Crippen molar-refractivity contribution >= 4 is 33.3 Å². The van der Waals surface area contributed by atoms with E-state index in [0.717, 1.165) is 46.0 Å². The topological polar surface area (TPSA) is 66.1 Å². The Morgan fingerprint density at radius 2 is 1.84 bits per heavy atom. The third kappa shape index (κ3) is 3.93. The molecule has 0 unspecified atom stereocenters. The first-order chi connectivity index (χ1) is 14.9. The van der Waals surface area contributed by atoms with Crippen molar-refractivity contribution in [3.8, 4) is 5.69 Å². The monoisotopic (exact) mass is 435 g/mol. The third-order valence-corrected chi connectivity index (χ3v) is 6.49. The van der Waals surface area contributed by atoms with E-state index in [1.54, 1.807) is 6.07 Å². The molecule has 0 saturated heterocycles. The van der Waals surface area contributed by atoms with Crippen molar-refractivity contribution in [2.45, 2.75) is 40.7 Å². The van der Waals surface area contributed by atoms with Crippen LogP contribution in [0.3, 0.4) is 0 Å². The highest BCUT2D eigenvalue weighted by Crippen LogP contribution is 2.30. The molecule has 0 amide bonds. The molecule has 0 aliphatic rings. The van der Waals surface area contributed by atoms with Crippen LogP contribution in [-0.4, -0.2) is 32.7 Å². The summed E-state index contributed by atoms with van der Waals surface area (Å²) >= 11 is 1.32. The second-order valence-corrected chi connectivity index (χ2v) is 8.63. The first-order valence-electron chi connectivity index (χ1n) is 10.3. The minimum Gasteiger partial charge on any atom is -0.453 e. The maximum Gasteiger partial charge on any atom is 0.348 e. The lowest BCUT2D eigenvalue weighted by Crippen LogP contribution is -2.14. The average Bonchev–Trinajstić information content (AvgIpc) is 3.42. The second-order valence-electron chi connectivity index (χ2n) is 7.60. The molecule has 160 valence electrons. The Hall–Kier alpha value is -3.19. The molecule has 3 aromatic heterocycles. The Morgan fingerprint density at radius 3 is 2.55 bits per heavy atom. The van der Waals surface area contributed by atoms with Gasteiger partial charge in [-0.2, -0.15) is 5.10 Å². The molecule has 0 N–H and O–H groups in total. The van der Waals surface area contributed by atoms with Crippen LogP contribution >= 0.6 is 11.3 Å². The molecule has 0 aliphatic heterocycles. The molecule has 4 aromatic rings. The highest BCUT2D eigenvalue weighted by molar-refractivity contribution is 7.20. The Kier molecular flexibility index (Phi) is 5.78. The van der Waals surface area contributed by atoms with Gasteiger partial charge in [-0.3, -0.25) is 4.79 Å². The molecule has 0 atom stereocenters. The maximum atomic E-state index is 12.7. The number of fused-ring (bicyclic) bond motifs is 1. The number of rotatable bonds is 7. The van der Waals surface area contributed by atoms with Crippen LogP contribution in [0.5, 0.6) is 0 Å². The first-order valence-corrected chi connectivity index (χ1v) is 11.1. The number of hydrogen-bond donors (Lipinski definition) is 0. The van der Waals surface area contributed by atoms with E-state index in [2.05, 4.69) is 16.6 Å². The van der Waals surface area contributed by atoms with Gasteiger partial charge in [-0.05, 0) is 51.5 Å². The van der Waals surface area contributed by atoms with Crippen LogP contribution in [0.2, 0.25) is 0 Å². The fraction of sp³-hybridized carbons (Fsp3) is 0.292. The Balaban J connectivity index is 1.52. The number of aromatic nitrogens is 3. The zero-order valence-electron chi connectivity index (χ0n) is 18.1. The Morgan fingerprint density at radius 1 is 1.10 bits per heavy atom. The molecule has 4 rings (SSSR count). The molecule has 3 heterocycles. The van der Waals surface area contributed by atoms with Gasteiger partial charge in [-0.1, -0.05) is 25.1 Å². The van der Waals surface area contributed by atoms with E-state index in [1.807, 2.05) is 61.9 Å². The summed E-state index contributed by atoms with van der Waals surface area (Å²) in [4.78, 5) is 26.7. The average molecular weight is 436 g/mol. The second kappa shape index (κ2) is 8.51. The summed E-state index contributed by atoms with van der Waals surface area (Å²) in [5, 5.41) is 5.50. The molecule has 0 bridgehead atoms. The van der Waals surface area contributed by atoms with Crippen molar-refractivity contribution in [2.24, 2.45) is 0 Å². The summed E-state index contributed by atoms with van der Waals surface area (Å²) in [5.41, 5.74) is 4.35. The van der Waals surface area contributed by atoms with Gasteiger partial charge in [0.15, 0.2) is 6.61 Å². The van der Waals surface area contributed by atoms with Gasteiger partial charge in [-0.25, -0.2) is 9.48 Å². The molecule has 0 spiro atoms. The summed E-state index contributed by atoms with van der Waals surface area (Å²) < 4.78 is 9.33. The minimum absolute atomic E-state index is 0.184. The molecular formula is C24H25N3O3S. The van der Waals surface area contributed by atoms with E-state index < -0.39 is 5.97 Å². The summed E-state index contributed by atoms with van der Waals surface area (Å²) in [6, 6.07) is 13.5. The predicted molar refractivity (Wildman–Crippen MR) is 122 cm³/mol. The number of ketones is 1. The van der Waals surface area contributed by atoms with Gasteiger partial charge >= 0.3 is 5.97 Å². The number of nitrogens with zero attached hydrogens (tertiary/aromatic N) is 3. The molecule has 0 saturated carbocycles. The lowest BCUT2D eigenvalue weighted by Gasteiger charge is -2.07. The third-order valence-electron chi connectivity index (χ3n) is 5.40. The highest BCUT2D eigenvalue weighted by Gasteiger charge is 2.21. The lowest BCUT2D eigenvalue weighted by atomic mass is 10.1. The predicted octanol–water partition coefficient (Wildman–Crippen LogP) is 5.26. The van der Waals surface area contributed by atoms with E-state index >= 15 is 0 Å². The van der Waals surface area contributed by atoms with E-state index in [0.29, 0.717) is 10.4 Å². The molecule has 31 heavy (non-hydrogen) atoms. The minimum atomic E-state index is -0.490. The van der Waals surface area contributed by atoms with Crippen molar-refractivity contribution in [3.63, 3.8) is 0 Å². The molecule has 1 aromatic carbocycles. The van der Waals surface area contributed by atoms with E-state index in [-0.39, 0.29) is 12.4 Å². The standard InChI is InChI=1S/C24H25N3O3S/c1-5-11-26-15(2)12-20(17(26)4)21(28)14-30-24(29)22-13-19-16(3)25-27(23(19)31-22)18-9-7-6-8-10-18/h6-10,12-13H,5,11,14H2,1-4H3. The fourth-order valence-corrected chi connectivity index (χ4v) is 4.90. The number of aryl methyl sites for hydroxylation is 2. The number of benzene rings is 1. The number of esters is 1. The van der Waals surface area contributed by atoms with Gasteiger partial charge < -0.3 is 9.30 Å². The van der Waals surface area contributed by atoms with Crippen molar-refractivity contribution in [1.82, 2.24) is 14.3 Å². The summed E-state index contributed by atoms with van der Waals surface area (Å²) in [6.07, 6.45) is 0.991. The van der Waals surface area contributed by atoms with Crippen molar-refractivity contribution in [1.29, 1.82) is 0 Å². The number of thiophene rings is 1. The zero-order valence-corrected chi connectivity index (χ0v) is 19.0. The van der Waals surface area contributed by atoms with E-state index in [9.17, 15) is 9.59 Å². The van der Waals surface area contributed by atoms with Crippen LogP contribution < -0.4 is 0 Å². The summed E-state index contributed by atoms with van der Waals surface area (Å²) in [5.74, 6) is -0.674. The maximum absolute atomic E-state index is 12.7. The summed E-state index contributed by atoms with van der Waals surface area (Å²) in [7, 11) is 0. The Labute approximate surface area is 185 Å². The smallest absolute Gasteiger partial charge is 0.348 e. The quantitative estimate of drug-likeness (QED) is 0.293. The fourth-order valence-electron chi connectivity index (χ4n) is 3.82. The number of ether oxygens (including phenoxy) is 1. The molecule has 0 aliphatic carbocycles. The van der Waals surface area contributed by atoms with Crippen molar-refractivity contribution < 1.29 is 14.3 Å². The van der Waals surface area contributed by atoms with Crippen LogP contribution in [0.25, 0.3) is 15.9 Å². The van der Waals surface area contributed by atoms with Gasteiger partial charge in [0.2, 0.25) is 5.78 Å². The molecule has 0 radical (unpaired) electrons. The number of carbonyl (C=O) groups excluding carboxylic acids is 2. The van der Waals surface area contributed by atoms with Crippen molar-refractivity contribution in [2.75, 3.05) is 6.61 Å². The number of carbonyl (C=O) groups is 2. The normalized spacial score (nSPS) is 11.2. The molecule has 6 nitrogen and oxygen atoms in total. The highest BCUT2D eigenvalue weighted by atomic mass is 32.1. The van der Waals surface area contributed by atoms with E-state index in [4.69, 9.17) is 4.74 Å². The molecule has 0 fully saturated rings. The van der Waals surface area contributed by atoms with E-state index in [1.165, 1.54) is 11.3 Å². The largest absolute Gasteiger partial charge is 0.453 e. The summed E-state index contributed by atoms with van der Waals surface area (Å²) in [6.45, 7) is 8.53. The Bertz CT molecular complexity index is 1260. The SMILES string of the molecule is CCCn1c(C)cc(C(=O)COC(=O)c2cc3c(C)nn(-c4ccccc4)c3s2)c1C. The van der Waals surface area contributed by atoms with Crippen LogP contribution in [0.15, 0.2) is 42.5 Å². The van der Waals surface area contributed by atoms with Gasteiger partial charge in [-0.15, -0.1) is 11.3 Å². The zero-order chi connectivity index (χ0) is 22.1. The number of hydrogen-bond acceptors (Lipinski definition) is 5.